The van der Waals surface area contributed by atoms with E-state index >= 15 is 0 Å². The van der Waals surface area contributed by atoms with E-state index in [9.17, 15) is 9.18 Å². The van der Waals surface area contributed by atoms with Crippen LogP contribution >= 0.6 is 12.2 Å². The first kappa shape index (κ1) is 18.8. The summed E-state index contributed by atoms with van der Waals surface area (Å²) in [5.41, 5.74) is 3.09. The third-order valence-electron chi connectivity index (χ3n) is 4.04. The van der Waals surface area contributed by atoms with E-state index < -0.39 is 0 Å². The zero-order valence-electron chi connectivity index (χ0n) is 14.8. The number of aromatic nitrogens is 1. The molecule has 0 aliphatic rings. The summed E-state index contributed by atoms with van der Waals surface area (Å²) < 4.78 is 18.4. The number of fused-ring (bicyclic) bond motifs is 1. The van der Waals surface area contributed by atoms with Gasteiger partial charge in [-0.3, -0.25) is 0 Å². The number of hydrogen-bond donors (Lipinski definition) is 3. The Balaban J connectivity index is 1.54. The molecule has 5 nitrogen and oxygen atoms in total. The number of esters is 1. The van der Waals surface area contributed by atoms with Gasteiger partial charge in [0.2, 0.25) is 0 Å². The molecule has 2 aromatic carbocycles. The minimum atomic E-state index is -0.369. The number of carbonyl (C=O) groups excluding carboxylic acids is 1. The van der Waals surface area contributed by atoms with Crippen LogP contribution in [0.2, 0.25) is 0 Å². The average molecular weight is 385 g/mol. The Morgan fingerprint density at radius 1 is 1.26 bits per heavy atom. The molecule has 0 spiro atoms. The van der Waals surface area contributed by atoms with Gasteiger partial charge < -0.3 is 20.4 Å². The van der Waals surface area contributed by atoms with Crippen molar-refractivity contribution in [3.63, 3.8) is 0 Å². The highest BCUT2D eigenvalue weighted by molar-refractivity contribution is 7.80. The molecule has 0 unspecified atom stereocenters. The van der Waals surface area contributed by atoms with E-state index in [0.29, 0.717) is 35.9 Å². The largest absolute Gasteiger partial charge is 0.462 e. The Hall–Kier alpha value is -2.93. The van der Waals surface area contributed by atoms with Gasteiger partial charge in [-0.15, -0.1) is 0 Å². The number of nitrogens with one attached hydrogen (secondary N) is 3. The van der Waals surface area contributed by atoms with Gasteiger partial charge >= 0.3 is 5.97 Å². The van der Waals surface area contributed by atoms with Gasteiger partial charge in [0.05, 0.1) is 12.2 Å². The number of H-pyrrole nitrogens is 1. The Morgan fingerprint density at radius 2 is 2.11 bits per heavy atom. The molecule has 3 rings (SSSR count). The van der Waals surface area contributed by atoms with Gasteiger partial charge in [-0.05, 0) is 67.5 Å². The molecule has 0 aliphatic carbocycles. The Morgan fingerprint density at radius 3 is 2.93 bits per heavy atom. The summed E-state index contributed by atoms with van der Waals surface area (Å²) >= 11 is 5.30. The molecule has 0 amide bonds. The van der Waals surface area contributed by atoms with Crippen LogP contribution in [0.15, 0.2) is 48.7 Å². The van der Waals surface area contributed by atoms with Crippen LogP contribution in [0.1, 0.15) is 22.8 Å². The standard InChI is InChI=1S/C20H20FN3O2S/c1-2-26-19(25)13-4-3-5-16(10-13)24-20(27)22-9-8-14-12-23-18-7-6-15(21)11-17(14)18/h3-7,10-12,23H,2,8-9H2,1H3,(H2,22,24,27). The summed E-state index contributed by atoms with van der Waals surface area (Å²) in [5.74, 6) is -0.624. The van der Waals surface area contributed by atoms with Crippen molar-refractivity contribution in [3.8, 4) is 0 Å². The summed E-state index contributed by atoms with van der Waals surface area (Å²) in [6.45, 7) is 2.68. The number of hydrogen-bond acceptors (Lipinski definition) is 3. The van der Waals surface area contributed by atoms with Crippen LogP contribution in [0.25, 0.3) is 10.9 Å². The maximum absolute atomic E-state index is 13.4. The predicted molar refractivity (Wildman–Crippen MR) is 109 cm³/mol. The Bertz CT molecular complexity index is 971. The van der Waals surface area contributed by atoms with Crippen molar-refractivity contribution in [3.05, 3.63) is 65.6 Å². The van der Waals surface area contributed by atoms with E-state index in [1.165, 1.54) is 12.1 Å². The summed E-state index contributed by atoms with van der Waals surface area (Å²) in [7, 11) is 0. The second kappa shape index (κ2) is 8.64. The summed E-state index contributed by atoms with van der Waals surface area (Å²) in [6.07, 6.45) is 2.57. The van der Waals surface area contributed by atoms with Crippen LogP contribution in [0, 0.1) is 5.82 Å². The molecule has 0 saturated carbocycles. The summed E-state index contributed by atoms with van der Waals surface area (Å²) in [4.78, 5) is 14.9. The van der Waals surface area contributed by atoms with Crippen LogP contribution in [-0.2, 0) is 11.2 Å². The second-order valence-electron chi connectivity index (χ2n) is 5.94. The smallest absolute Gasteiger partial charge is 0.338 e. The molecular weight excluding hydrogens is 365 g/mol. The fourth-order valence-corrected chi connectivity index (χ4v) is 3.00. The lowest BCUT2D eigenvalue weighted by Crippen LogP contribution is -2.30. The number of rotatable bonds is 6. The first-order chi connectivity index (χ1) is 13.1. The minimum absolute atomic E-state index is 0.255. The fourth-order valence-electron chi connectivity index (χ4n) is 2.78. The van der Waals surface area contributed by atoms with Crippen LogP contribution < -0.4 is 10.6 Å². The Labute approximate surface area is 161 Å². The van der Waals surface area contributed by atoms with Gasteiger partial charge in [-0.25, -0.2) is 9.18 Å². The molecule has 0 aliphatic heterocycles. The number of thiocarbonyl (C=S) groups is 1. The highest BCUT2D eigenvalue weighted by atomic mass is 32.1. The first-order valence-corrected chi connectivity index (χ1v) is 9.05. The van der Waals surface area contributed by atoms with Crippen molar-refractivity contribution in [2.75, 3.05) is 18.5 Å². The van der Waals surface area contributed by atoms with Gasteiger partial charge in [0.15, 0.2) is 5.11 Å². The zero-order valence-corrected chi connectivity index (χ0v) is 15.7. The van der Waals surface area contributed by atoms with Crippen molar-refractivity contribution in [1.29, 1.82) is 0 Å². The summed E-state index contributed by atoms with van der Waals surface area (Å²) in [5, 5.41) is 7.49. The minimum Gasteiger partial charge on any atom is -0.462 e. The number of carbonyl (C=O) groups is 1. The monoisotopic (exact) mass is 385 g/mol. The van der Waals surface area contributed by atoms with Gasteiger partial charge in [-0.2, -0.15) is 0 Å². The van der Waals surface area contributed by atoms with Crippen LogP contribution in [-0.4, -0.2) is 29.2 Å². The number of anilines is 1. The number of benzene rings is 2. The van der Waals surface area contributed by atoms with Crippen molar-refractivity contribution in [1.82, 2.24) is 10.3 Å². The van der Waals surface area contributed by atoms with E-state index in [2.05, 4.69) is 15.6 Å². The summed E-state index contributed by atoms with van der Waals surface area (Å²) in [6, 6.07) is 11.6. The van der Waals surface area contributed by atoms with Crippen molar-refractivity contribution in [2.45, 2.75) is 13.3 Å². The van der Waals surface area contributed by atoms with Crippen LogP contribution in [0.4, 0.5) is 10.1 Å². The molecule has 0 saturated heterocycles. The van der Waals surface area contributed by atoms with Crippen molar-refractivity contribution >= 4 is 39.9 Å². The molecule has 0 fully saturated rings. The first-order valence-electron chi connectivity index (χ1n) is 8.64. The fraction of sp³-hybridized carbons (Fsp3) is 0.200. The van der Waals surface area contributed by atoms with E-state index in [1.807, 2.05) is 12.3 Å². The molecule has 0 atom stereocenters. The lowest BCUT2D eigenvalue weighted by molar-refractivity contribution is 0.0526. The molecule has 1 heterocycles. The van der Waals surface area contributed by atoms with Gasteiger partial charge in [0.1, 0.15) is 5.82 Å². The molecular formula is C20H20FN3O2S. The molecule has 0 radical (unpaired) electrons. The van der Waals surface area contributed by atoms with E-state index in [4.69, 9.17) is 17.0 Å². The molecule has 3 aromatic rings. The van der Waals surface area contributed by atoms with E-state index in [-0.39, 0.29) is 11.8 Å². The zero-order chi connectivity index (χ0) is 19.2. The topological polar surface area (TPSA) is 66.2 Å². The number of ether oxygens (including phenoxy) is 1. The van der Waals surface area contributed by atoms with Gasteiger partial charge in [0, 0.05) is 29.3 Å². The highest BCUT2D eigenvalue weighted by Gasteiger charge is 2.08. The molecule has 7 heteroatoms. The molecule has 0 bridgehead atoms. The quantitative estimate of drug-likeness (QED) is 0.442. The second-order valence-corrected chi connectivity index (χ2v) is 6.34. The number of aromatic amines is 1. The maximum Gasteiger partial charge on any atom is 0.338 e. The third kappa shape index (κ3) is 4.83. The van der Waals surface area contributed by atoms with E-state index in [0.717, 1.165) is 16.5 Å². The predicted octanol–water partition coefficient (Wildman–Crippen LogP) is 4.01. The van der Waals surface area contributed by atoms with Gasteiger partial charge in [0.25, 0.3) is 0 Å². The highest BCUT2D eigenvalue weighted by Crippen LogP contribution is 2.19. The molecule has 27 heavy (non-hydrogen) atoms. The lowest BCUT2D eigenvalue weighted by Gasteiger charge is -2.11. The molecule has 140 valence electrons. The Kier molecular flexibility index (Phi) is 6.03. The number of halogens is 1. The van der Waals surface area contributed by atoms with Crippen LogP contribution in [0.5, 0.6) is 0 Å². The lowest BCUT2D eigenvalue weighted by atomic mass is 10.1. The maximum atomic E-state index is 13.4. The van der Waals surface area contributed by atoms with Crippen LogP contribution in [0.3, 0.4) is 0 Å². The van der Waals surface area contributed by atoms with E-state index in [1.54, 1.807) is 31.2 Å². The normalized spacial score (nSPS) is 10.6. The van der Waals surface area contributed by atoms with Gasteiger partial charge in [-0.1, -0.05) is 6.07 Å². The van der Waals surface area contributed by atoms with Crippen molar-refractivity contribution in [2.24, 2.45) is 0 Å². The van der Waals surface area contributed by atoms with Crippen molar-refractivity contribution < 1.29 is 13.9 Å². The third-order valence-corrected chi connectivity index (χ3v) is 4.29. The SMILES string of the molecule is CCOC(=O)c1cccc(NC(=S)NCCc2c[nH]c3ccc(F)cc23)c1. The molecule has 3 N–H and O–H groups in total. The average Bonchev–Trinajstić information content (AvgIpc) is 3.04. The molecule has 1 aromatic heterocycles.